The Morgan fingerprint density at radius 2 is 1.95 bits per heavy atom. The van der Waals surface area contributed by atoms with Crippen molar-refractivity contribution < 1.29 is 0 Å². The minimum atomic E-state index is 0.369. The van der Waals surface area contributed by atoms with Crippen LogP contribution in [0.25, 0.3) is 10.1 Å². The molecule has 1 nitrogen and oxygen atoms in total. The Morgan fingerprint density at radius 3 is 2.80 bits per heavy atom. The molecule has 0 aliphatic rings. The van der Waals surface area contributed by atoms with Gasteiger partial charge in [0.1, 0.15) is 0 Å². The summed E-state index contributed by atoms with van der Waals surface area (Å²) < 4.78 is 1.37. The molecule has 1 atom stereocenters. The summed E-state index contributed by atoms with van der Waals surface area (Å²) in [6.07, 6.45) is 0. The molecular weight excluding hydrogens is 262 g/mol. The maximum Gasteiger partial charge on any atom is 0.0346 e. The molecule has 0 radical (unpaired) electrons. The molecule has 2 heteroatoms. The Kier molecular flexibility index (Phi) is 3.86. The Labute approximate surface area is 124 Å². The Hall–Kier alpha value is -1.64. The zero-order valence-electron chi connectivity index (χ0n) is 11.9. The molecule has 1 heterocycles. The second-order valence-electron chi connectivity index (χ2n) is 5.27. The predicted octanol–water partition coefficient (Wildman–Crippen LogP) is 5.06. The third kappa shape index (κ3) is 2.77. The van der Waals surface area contributed by atoms with Gasteiger partial charge in [0.2, 0.25) is 0 Å². The molecule has 3 aromatic rings. The molecule has 0 fully saturated rings. The highest BCUT2D eigenvalue weighted by molar-refractivity contribution is 7.17. The Morgan fingerprint density at radius 1 is 1.10 bits per heavy atom. The lowest BCUT2D eigenvalue weighted by molar-refractivity contribution is 0.577. The van der Waals surface area contributed by atoms with E-state index in [0.29, 0.717) is 6.04 Å². The highest BCUT2D eigenvalue weighted by Gasteiger charge is 2.07. The van der Waals surface area contributed by atoms with Gasteiger partial charge < -0.3 is 5.32 Å². The number of thiophene rings is 1. The summed E-state index contributed by atoms with van der Waals surface area (Å²) in [4.78, 5) is 0. The summed E-state index contributed by atoms with van der Waals surface area (Å²) in [5.74, 6) is 0. The maximum atomic E-state index is 3.63. The normalized spacial score (nSPS) is 12.7. The van der Waals surface area contributed by atoms with E-state index in [-0.39, 0.29) is 0 Å². The maximum absolute atomic E-state index is 3.63. The molecule has 0 aliphatic heterocycles. The summed E-state index contributed by atoms with van der Waals surface area (Å²) in [6.45, 7) is 5.28. The molecule has 2 aromatic carbocycles. The van der Waals surface area contributed by atoms with E-state index < -0.39 is 0 Å². The number of hydrogen-bond acceptors (Lipinski definition) is 2. The first-order valence-electron chi connectivity index (χ1n) is 6.99. The second kappa shape index (κ2) is 5.78. The SMILES string of the molecule is Cc1cccc([C@@H](C)NCc2csc3ccccc23)c1. The highest BCUT2D eigenvalue weighted by atomic mass is 32.1. The molecule has 0 saturated heterocycles. The fraction of sp³-hybridized carbons (Fsp3) is 0.222. The molecule has 0 amide bonds. The number of benzene rings is 2. The number of hydrogen-bond donors (Lipinski definition) is 1. The summed E-state index contributed by atoms with van der Waals surface area (Å²) in [5.41, 5.74) is 4.06. The van der Waals surface area contributed by atoms with E-state index in [2.05, 4.69) is 73.1 Å². The van der Waals surface area contributed by atoms with Gasteiger partial charge in [-0.25, -0.2) is 0 Å². The predicted molar refractivity (Wildman–Crippen MR) is 88.3 cm³/mol. The van der Waals surface area contributed by atoms with Gasteiger partial charge in [-0.15, -0.1) is 11.3 Å². The first-order chi connectivity index (χ1) is 9.74. The summed E-state index contributed by atoms with van der Waals surface area (Å²) in [6, 6.07) is 17.7. The number of rotatable bonds is 4. The van der Waals surface area contributed by atoms with Crippen LogP contribution in [0.1, 0.15) is 29.7 Å². The fourth-order valence-electron chi connectivity index (χ4n) is 2.49. The number of aryl methyl sites for hydroxylation is 1. The lowest BCUT2D eigenvalue weighted by Gasteiger charge is -2.14. The van der Waals surface area contributed by atoms with Crippen molar-refractivity contribution in [1.29, 1.82) is 0 Å². The van der Waals surface area contributed by atoms with Gasteiger partial charge in [0.05, 0.1) is 0 Å². The van der Waals surface area contributed by atoms with E-state index in [0.717, 1.165) is 6.54 Å². The molecule has 0 unspecified atom stereocenters. The van der Waals surface area contributed by atoms with Crippen molar-refractivity contribution in [3.63, 3.8) is 0 Å². The standard InChI is InChI=1S/C18H19NS/c1-13-6-5-7-15(10-13)14(2)19-11-16-12-20-18-9-4-3-8-17(16)18/h3-10,12,14,19H,11H2,1-2H3/t14-/m1/s1. The van der Waals surface area contributed by atoms with Gasteiger partial charge in [-0.05, 0) is 41.8 Å². The molecule has 0 aliphatic carbocycles. The Balaban J connectivity index is 1.73. The molecule has 0 bridgehead atoms. The largest absolute Gasteiger partial charge is 0.306 e. The lowest BCUT2D eigenvalue weighted by Crippen LogP contribution is -2.17. The molecule has 20 heavy (non-hydrogen) atoms. The van der Waals surface area contributed by atoms with Crippen molar-refractivity contribution in [1.82, 2.24) is 5.32 Å². The quantitative estimate of drug-likeness (QED) is 0.704. The van der Waals surface area contributed by atoms with E-state index >= 15 is 0 Å². The number of nitrogens with one attached hydrogen (secondary N) is 1. The lowest BCUT2D eigenvalue weighted by atomic mass is 10.1. The van der Waals surface area contributed by atoms with Crippen LogP contribution in [0.5, 0.6) is 0 Å². The zero-order chi connectivity index (χ0) is 13.9. The second-order valence-corrected chi connectivity index (χ2v) is 6.19. The van der Waals surface area contributed by atoms with Crippen molar-refractivity contribution in [3.05, 3.63) is 70.6 Å². The van der Waals surface area contributed by atoms with Crippen molar-refractivity contribution in [3.8, 4) is 0 Å². The molecule has 1 N–H and O–H groups in total. The van der Waals surface area contributed by atoms with Gasteiger partial charge >= 0.3 is 0 Å². The molecule has 0 saturated carbocycles. The van der Waals surface area contributed by atoms with Crippen molar-refractivity contribution >= 4 is 21.4 Å². The average molecular weight is 281 g/mol. The minimum Gasteiger partial charge on any atom is -0.306 e. The van der Waals surface area contributed by atoms with E-state index in [1.165, 1.54) is 26.8 Å². The Bertz CT molecular complexity index is 714. The van der Waals surface area contributed by atoms with Gasteiger partial charge in [-0.1, -0.05) is 48.0 Å². The smallest absolute Gasteiger partial charge is 0.0346 e. The van der Waals surface area contributed by atoms with Gasteiger partial charge in [0.25, 0.3) is 0 Å². The average Bonchev–Trinajstić information content (AvgIpc) is 2.88. The first-order valence-corrected chi connectivity index (χ1v) is 7.87. The van der Waals surface area contributed by atoms with Gasteiger partial charge in [-0.3, -0.25) is 0 Å². The fourth-order valence-corrected chi connectivity index (χ4v) is 3.45. The first kappa shape index (κ1) is 13.3. The number of fused-ring (bicyclic) bond motifs is 1. The topological polar surface area (TPSA) is 12.0 Å². The van der Waals surface area contributed by atoms with Crippen LogP contribution in [-0.2, 0) is 6.54 Å². The molecule has 102 valence electrons. The van der Waals surface area contributed by atoms with Crippen LogP contribution in [-0.4, -0.2) is 0 Å². The summed E-state index contributed by atoms with van der Waals surface area (Å²) >= 11 is 1.82. The van der Waals surface area contributed by atoms with Crippen molar-refractivity contribution in [2.45, 2.75) is 26.4 Å². The monoisotopic (exact) mass is 281 g/mol. The molecule has 3 rings (SSSR count). The van der Waals surface area contributed by atoms with E-state index in [4.69, 9.17) is 0 Å². The van der Waals surface area contributed by atoms with Crippen molar-refractivity contribution in [2.24, 2.45) is 0 Å². The third-order valence-electron chi connectivity index (χ3n) is 3.70. The van der Waals surface area contributed by atoms with Gasteiger partial charge in [0.15, 0.2) is 0 Å². The van der Waals surface area contributed by atoms with E-state index in [1.807, 2.05) is 11.3 Å². The minimum absolute atomic E-state index is 0.369. The van der Waals surface area contributed by atoms with Gasteiger partial charge in [0, 0.05) is 17.3 Å². The van der Waals surface area contributed by atoms with E-state index in [1.54, 1.807) is 0 Å². The third-order valence-corrected chi connectivity index (χ3v) is 4.71. The van der Waals surface area contributed by atoms with Crippen LogP contribution in [0.15, 0.2) is 53.9 Å². The summed E-state index contributed by atoms with van der Waals surface area (Å²) in [5, 5.41) is 7.27. The molecule has 0 spiro atoms. The van der Waals surface area contributed by atoms with Crippen LogP contribution < -0.4 is 5.32 Å². The van der Waals surface area contributed by atoms with Crippen LogP contribution >= 0.6 is 11.3 Å². The van der Waals surface area contributed by atoms with Crippen LogP contribution in [0.3, 0.4) is 0 Å². The van der Waals surface area contributed by atoms with Crippen LogP contribution in [0.2, 0.25) is 0 Å². The highest BCUT2D eigenvalue weighted by Crippen LogP contribution is 2.26. The van der Waals surface area contributed by atoms with Crippen LogP contribution in [0, 0.1) is 6.92 Å². The van der Waals surface area contributed by atoms with Crippen LogP contribution in [0.4, 0.5) is 0 Å². The zero-order valence-corrected chi connectivity index (χ0v) is 12.7. The molecular formula is C18H19NS. The molecule has 1 aromatic heterocycles. The van der Waals surface area contributed by atoms with Gasteiger partial charge in [-0.2, -0.15) is 0 Å². The van der Waals surface area contributed by atoms with E-state index in [9.17, 15) is 0 Å². The summed E-state index contributed by atoms with van der Waals surface area (Å²) in [7, 11) is 0. The van der Waals surface area contributed by atoms with Crippen molar-refractivity contribution in [2.75, 3.05) is 0 Å².